The van der Waals surface area contributed by atoms with Crippen LogP contribution in [-0.2, 0) is 4.74 Å². The molecule has 3 rings (SSSR count). The second-order valence-corrected chi connectivity index (χ2v) is 5.82. The van der Waals surface area contributed by atoms with Crippen molar-refractivity contribution >= 4 is 28.9 Å². The molecule has 142 valence electrons. The zero-order valence-corrected chi connectivity index (χ0v) is 15.3. The maximum atomic E-state index is 11.5. The van der Waals surface area contributed by atoms with Crippen LogP contribution in [0.1, 0.15) is 27.6 Å². The summed E-state index contributed by atoms with van der Waals surface area (Å²) < 4.78 is 10.4. The highest BCUT2D eigenvalue weighted by Crippen LogP contribution is 2.31. The lowest BCUT2D eigenvalue weighted by atomic mass is 10.1. The Morgan fingerprint density at radius 3 is 2.21 bits per heavy atom. The Hall–Kier alpha value is -3.94. The molecule has 0 saturated heterocycles. The first-order valence-electron chi connectivity index (χ1n) is 8.32. The molecule has 0 aliphatic rings. The van der Waals surface area contributed by atoms with Crippen LogP contribution in [0.3, 0.4) is 0 Å². The summed E-state index contributed by atoms with van der Waals surface area (Å²) in [5, 5.41) is 3.07. The molecule has 0 atom stereocenters. The summed E-state index contributed by atoms with van der Waals surface area (Å²) in [6.45, 7) is 1.51. The minimum Gasteiger partial charge on any atom is -0.465 e. The van der Waals surface area contributed by atoms with Gasteiger partial charge in [0, 0.05) is 11.3 Å². The van der Waals surface area contributed by atoms with Gasteiger partial charge < -0.3 is 20.5 Å². The molecule has 0 bridgehead atoms. The number of aromatic nitrogens is 2. The van der Waals surface area contributed by atoms with Gasteiger partial charge in [0.15, 0.2) is 11.6 Å². The van der Waals surface area contributed by atoms with E-state index in [1.807, 2.05) is 0 Å². The number of hydrogen-bond donors (Lipinski definition) is 2. The van der Waals surface area contributed by atoms with Gasteiger partial charge in [-0.1, -0.05) is 0 Å². The van der Waals surface area contributed by atoms with Gasteiger partial charge in [-0.2, -0.15) is 4.98 Å². The highest BCUT2D eigenvalue weighted by molar-refractivity contribution is 5.94. The number of carbonyl (C=O) groups is 2. The fourth-order valence-corrected chi connectivity index (χ4v) is 2.37. The summed E-state index contributed by atoms with van der Waals surface area (Å²) in [5.74, 6) is 0.544. The summed E-state index contributed by atoms with van der Waals surface area (Å²) in [7, 11) is 1.32. The molecule has 0 fully saturated rings. The topological polar surface area (TPSA) is 116 Å². The quantitative estimate of drug-likeness (QED) is 0.494. The first-order chi connectivity index (χ1) is 13.5. The molecule has 0 aliphatic heterocycles. The molecule has 0 aliphatic carbocycles. The lowest BCUT2D eigenvalue weighted by Crippen LogP contribution is -2.04. The summed E-state index contributed by atoms with van der Waals surface area (Å²) in [6, 6.07) is 13.3. The third-order valence-electron chi connectivity index (χ3n) is 3.89. The van der Waals surface area contributed by atoms with Gasteiger partial charge in [0.25, 0.3) is 0 Å². The maximum Gasteiger partial charge on any atom is 0.337 e. The van der Waals surface area contributed by atoms with Crippen molar-refractivity contribution in [1.29, 1.82) is 0 Å². The number of anilines is 3. The number of benzene rings is 2. The summed E-state index contributed by atoms with van der Waals surface area (Å²) >= 11 is 0. The number of nitrogens with one attached hydrogen (secondary N) is 1. The van der Waals surface area contributed by atoms with Crippen molar-refractivity contribution < 1.29 is 19.1 Å². The number of carbonyl (C=O) groups excluding carboxylic acids is 2. The van der Waals surface area contributed by atoms with E-state index in [0.717, 1.165) is 0 Å². The zero-order valence-electron chi connectivity index (χ0n) is 15.3. The normalized spacial score (nSPS) is 10.2. The van der Waals surface area contributed by atoms with Gasteiger partial charge >= 0.3 is 5.97 Å². The van der Waals surface area contributed by atoms with Crippen molar-refractivity contribution in [1.82, 2.24) is 9.97 Å². The van der Waals surface area contributed by atoms with Crippen molar-refractivity contribution in [2.24, 2.45) is 0 Å². The van der Waals surface area contributed by atoms with Gasteiger partial charge in [-0.05, 0) is 55.5 Å². The number of nitrogens with two attached hydrogens (primary N) is 1. The van der Waals surface area contributed by atoms with Crippen LogP contribution in [0.4, 0.5) is 17.2 Å². The van der Waals surface area contributed by atoms with Crippen LogP contribution in [0, 0.1) is 0 Å². The molecule has 1 heterocycles. The van der Waals surface area contributed by atoms with Crippen LogP contribution in [0.15, 0.2) is 54.9 Å². The Bertz CT molecular complexity index is 1000. The fourth-order valence-electron chi connectivity index (χ4n) is 2.37. The van der Waals surface area contributed by atoms with E-state index in [1.165, 1.54) is 20.4 Å². The Balaban J connectivity index is 1.77. The molecule has 3 aromatic rings. The predicted octanol–water partition coefficient (Wildman–Crippen LogP) is 3.58. The molecule has 28 heavy (non-hydrogen) atoms. The highest BCUT2D eigenvalue weighted by Gasteiger charge is 2.12. The van der Waals surface area contributed by atoms with Gasteiger partial charge in [0.05, 0.1) is 12.7 Å². The van der Waals surface area contributed by atoms with Crippen LogP contribution < -0.4 is 15.8 Å². The predicted molar refractivity (Wildman–Crippen MR) is 104 cm³/mol. The number of nitrogen functional groups attached to an aromatic ring is 1. The molecule has 2 aromatic carbocycles. The molecular weight excluding hydrogens is 360 g/mol. The molecule has 8 heteroatoms. The van der Waals surface area contributed by atoms with Gasteiger partial charge in [0.1, 0.15) is 17.8 Å². The standard InChI is InChI=1S/C20H18N4O4/c1-12(25)13-3-7-15(8-4-13)24-18-17(21)19(23-11-22-18)28-16-9-5-14(6-10-16)20(26)27-2/h3-11H,21H2,1-2H3,(H,22,23,24). The van der Waals surface area contributed by atoms with E-state index in [-0.39, 0.29) is 17.4 Å². The lowest BCUT2D eigenvalue weighted by Gasteiger charge is -2.12. The lowest BCUT2D eigenvalue weighted by molar-refractivity contribution is 0.0600. The van der Waals surface area contributed by atoms with E-state index in [2.05, 4.69) is 20.0 Å². The minimum absolute atomic E-state index is 0.0120. The van der Waals surface area contributed by atoms with E-state index in [0.29, 0.717) is 28.4 Å². The molecule has 0 radical (unpaired) electrons. The number of ketones is 1. The maximum absolute atomic E-state index is 11.5. The van der Waals surface area contributed by atoms with E-state index in [1.54, 1.807) is 48.5 Å². The smallest absolute Gasteiger partial charge is 0.337 e. The molecular formula is C20H18N4O4. The fraction of sp³-hybridized carbons (Fsp3) is 0.100. The summed E-state index contributed by atoms with van der Waals surface area (Å²) in [4.78, 5) is 31.0. The molecule has 8 nitrogen and oxygen atoms in total. The number of hydrogen-bond acceptors (Lipinski definition) is 8. The first kappa shape index (κ1) is 18.8. The zero-order chi connectivity index (χ0) is 20.1. The van der Waals surface area contributed by atoms with Crippen molar-refractivity contribution in [3.05, 3.63) is 66.0 Å². The second kappa shape index (κ2) is 8.17. The van der Waals surface area contributed by atoms with Crippen LogP contribution in [0.2, 0.25) is 0 Å². The van der Waals surface area contributed by atoms with Crippen molar-refractivity contribution in [2.75, 3.05) is 18.2 Å². The number of esters is 1. The van der Waals surface area contributed by atoms with Gasteiger partial charge in [0.2, 0.25) is 5.88 Å². The van der Waals surface area contributed by atoms with Crippen molar-refractivity contribution in [3.8, 4) is 11.6 Å². The van der Waals surface area contributed by atoms with Crippen molar-refractivity contribution in [2.45, 2.75) is 6.92 Å². The summed E-state index contributed by atoms with van der Waals surface area (Å²) in [6.07, 6.45) is 1.32. The summed E-state index contributed by atoms with van der Waals surface area (Å²) in [5.41, 5.74) is 8.06. The second-order valence-electron chi connectivity index (χ2n) is 5.82. The number of Topliss-reactive ketones (excluding diaryl/α,β-unsaturated/α-hetero) is 1. The molecule has 0 saturated carbocycles. The first-order valence-corrected chi connectivity index (χ1v) is 8.32. The Morgan fingerprint density at radius 2 is 1.61 bits per heavy atom. The highest BCUT2D eigenvalue weighted by atomic mass is 16.5. The minimum atomic E-state index is -0.435. The Kier molecular flexibility index (Phi) is 5.50. The average molecular weight is 378 g/mol. The van der Waals surface area contributed by atoms with Crippen LogP contribution in [0.25, 0.3) is 0 Å². The number of rotatable bonds is 6. The van der Waals surface area contributed by atoms with Crippen LogP contribution in [0.5, 0.6) is 11.6 Å². The third kappa shape index (κ3) is 4.24. The average Bonchev–Trinajstić information content (AvgIpc) is 2.71. The number of ether oxygens (including phenoxy) is 2. The monoisotopic (exact) mass is 378 g/mol. The molecule has 1 aromatic heterocycles. The van der Waals surface area contributed by atoms with Gasteiger partial charge in [-0.25, -0.2) is 9.78 Å². The van der Waals surface area contributed by atoms with E-state index < -0.39 is 5.97 Å². The van der Waals surface area contributed by atoms with E-state index >= 15 is 0 Å². The largest absolute Gasteiger partial charge is 0.465 e. The molecule has 0 amide bonds. The van der Waals surface area contributed by atoms with Crippen molar-refractivity contribution in [3.63, 3.8) is 0 Å². The van der Waals surface area contributed by atoms with Gasteiger partial charge in [-0.15, -0.1) is 0 Å². The molecule has 3 N–H and O–H groups in total. The Labute approximate surface area is 161 Å². The number of methoxy groups -OCH3 is 1. The molecule has 0 spiro atoms. The van der Waals surface area contributed by atoms with Crippen LogP contribution in [-0.4, -0.2) is 28.8 Å². The van der Waals surface area contributed by atoms with E-state index in [9.17, 15) is 9.59 Å². The molecule has 0 unspecified atom stereocenters. The number of nitrogens with zero attached hydrogens (tertiary/aromatic N) is 2. The third-order valence-corrected chi connectivity index (χ3v) is 3.89. The van der Waals surface area contributed by atoms with E-state index in [4.69, 9.17) is 10.5 Å². The van der Waals surface area contributed by atoms with Gasteiger partial charge in [-0.3, -0.25) is 4.79 Å². The Morgan fingerprint density at radius 1 is 0.964 bits per heavy atom. The van der Waals surface area contributed by atoms with Crippen LogP contribution >= 0.6 is 0 Å². The SMILES string of the molecule is COC(=O)c1ccc(Oc2ncnc(Nc3ccc(C(C)=O)cc3)c2N)cc1.